The van der Waals surface area contributed by atoms with Crippen molar-refractivity contribution in [1.29, 1.82) is 0 Å². The minimum Gasteiger partial charge on any atom is -0.383 e. The van der Waals surface area contributed by atoms with E-state index in [1.54, 1.807) is 7.11 Å². The van der Waals surface area contributed by atoms with E-state index in [1.807, 2.05) is 0 Å². The molecule has 0 unspecified atom stereocenters. The average Bonchev–Trinajstić information content (AvgIpc) is 2.11. The highest BCUT2D eigenvalue weighted by Crippen LogP contribution is 2.29. The van der Waals surface area contributed by atoms with Gasteiger partial charge in [0, 0.05) is 13.7 Å². The number of hydrogen-bond donors (Lipinski definition) is 0. The first-order valence-electron chi connectivity index (χ1n) is 6.08. The van der Waals surface area contributed by atoms with Gasteiger partial charge in [-0.3, -0.25) is 0 Å². The monoisotopic (exact) mass is 199 g/mol. The van der Waals surface area contributed by atoms with Crippen LogP contribution in [0.15, 0.2) is 0 Å². The highest BCUT2D eigenvalue weighted by atomic mass is 16.5. The number of rotatable bonds is 8. The van der Waals surface area contributed by atoms with Crippen molar-refractivity contribution in [2.45, 2.75) is 39.0 Å². The van der Waals surface area contributed by atoms with E-state index in [-0.39, 0.29) is 0 Å². The summed E-state index contributed by atoms with van der Waals surface area (Å²) in [6.07, 6.45) is 7.09. The molecule has 0 heterocycles. The Kier molecular flexibility index (Phi) is 6.20. The largest absolute Gasteiger partial charge is 0.383 e. The quantitative estimate of drug-likeness (QED) is 0.595. The molecule has 0 saturated heterocycles. The number of ether oxygens (including phenoxy) is 1. The summed E-state index contributed by atoms with van der Waals surface area (Å²) in [6, 6.07) is 0. The molecule has 0 radical (unpaired) electrons. The van der Waals surface area contributed by atoms with E-state index >= 15 is 0 Å². The first kappa shape index (κ1) is 12.0. The Balaban J connectivity index is 2.06. The second-order valence-electron chi connectivity index (χ2n) is 4.42. The summed E-state index contributed by atoms with van der Waals surface area (Å²) >= 11 is 0. The summed E-state index contributed by atoms with van der Waals surface area (Å²) in [5, 5.41) is 0. The van der Waals surface area contributed by atoms with E-state index < -0.39 is 0 Å². The van der Waals surface area contributed by atoms with Crippen LogP contribution >= 0.6 is 0 Å². The molecule has 14 heavy (non-hydrogen) atoms. The molecule has 84 valence electrons. The van der Waals surface area contributed by atoms with Gasteiger partial charge in [0.15, 0.2) is 0 Å². The van der Waals surface area contributed by atoms with Crippen LogP contribution in [0.2, 0.25) is 0 Å². The van der Waals surface area contributed by atoms with Gasteiger partial charge >= 0.3 is 0 Å². The molecule has 1 rings (SSSR count). The smallest absolute Gasteiger partial charge is 0.0589 e. The molecule has 0 spiro atoms. The second kappa shape index (κ2) is 7.24. The van der Waals surface area contributed by atoms with Gasteiger partial charge < -0.3 is 9.64 Å². The van der Waals surface area contributed by atoms with Crippen LogP contribution in [0, 0.1) is 5.92 Å². The van der Waals surface area contributed by atoms with Gasteiger partial charge in [0.05, 0.1) is 6.61 Å². The molecule has 0 atom stereocenters. The molecule has 1 fully saturated rings. The molecule has 2 heteroatoms. The summed E-state index contributed by atoms with van der Waals surface area (Å²) in [4.78, 5) is 2.54. The van der Waals surface area contributed by atoms with Crippen molar-refractivity contribution in [2.75, 3.05) is 33.4 Å². The summed E-state index contributed by atoms with van der Waals surface area (Å²) in [5.41, 5.74) is 0. The summed E-state index contributed by atoms with van der Waals surface area (Å²) < 4.78 is 5.12. The van der Waals surface area contributed by atoms with Crippen LogP contribution < -0.4 is 0 Å². The first-order valence-corrected chi connectivity index (χ1v) is 6.08. The zero-order valence-corrected chi connectivity index (χ0v) is 9.80. The van der Waals surface area contributed by atoms with Gasteiger partial charge in [-0.1, -0.05) is 26.2 Å². The second-order valence-corrected chi connectivity index (χ2v) is 4.42. The zero-order valence-electron chi connectivity index (χ0n) is 9.80. The number of hydrogen-bond acceptors (Lipinski definition) is 2. The van der Waals surface area contributed by atoms with Crippen LogP contribution in [-0.4, -0.2) is 38.3 Å². The molecule has 1 aliphatic rings. The molecule has 0 aromatic carbocycles. The first-order chi connectivity index (χ1) is 6.86. The van der Waals surface area contributed by atoms with E-state index in [1.165, 1.54) is 45.2 Å². The Morgan fingerprint density at radius 2 is 2.00 bits per heavy atom. The van der Waals surface area contributed by atoms with Crippen LogP contribution in [0.1, 0.15) is 39.0 Å². The third-order valence-electron chi connectivity index (χ3n) is 3.23. The molecule has 0 aliphatic heterocycles. The Bertz CT molecular complexity index is 134. The average molecular weight is 199 g/mol. The number of methoxy groups -OCH3 is 1. The number of nitrogens with zero attached hydrogens (tertiary/aromatic N) is 1. The van der Waals surface area contributed by atoms with Gasteiger partial charge in [-0.25, -0.2) is 0 Å². The Labute approximate surface area is 88.6 Å². The van der Waals surface area contributed by atoms with Crippen LogP contribution in [0.25, 0.3) is 0 Å². The SMILES string of the molecule is CCCN(CCOC)CCC1CCC1. The third-order valence-corrected chi connectivity index (χ3v) is 3.23. The highest BCUT2D eigenvalue weighted by molar-refractivity contribution is 4.71. The van der Waals surface area contributed by atoms with Gasteiger partial charge in [0.2, 0.25) is 0 Å². The van der Waals surface area contributed by atoms with E-state index in [0.717, 1.165) is 19.1 Å². The van der Waals surface area contributed by atoms with Crippen LogP contribution in [0.4, 0.5) is 0 Å². The topological polar surface area (TPSA) is 12.5 Å². The van der Waals surface area contributed by atoms with Gasteiger partial charge in [0.25, 0.3) is 0 Å². The fraction of sp³-hybridized carbons (Fsp3) is 1.00. The molecule has 0 amide bonds. The highest BCUT2D eigenvalue weighted by Gasteiger charge is 2.17. The molecular formula is C12H25NO. The molecular weight excluding hydrogens is 174 g/mol. The van der Waals surface area contributed by atoms with E-state index in [0.29, 0.717) is 0 Å². The van der Waals surface area contributed by atoms with Gasteiger partial charge in [-0.15, -0.1) is 0 Å². The maximum atomic E-state index is 5.12. The molecule has 0 bridgehead atoms. The predicted molar refractivity (Wildman–Crippen MR) is 60.6 cm³/mol. The van der Waals surface area contributed by atoms with Gasteiger partial charge in [0.1, 0.15) is 0 Å². The van der Waals surface area contributed by atoms with E-state index in [2.05, 4.69) is 11.8 Å². The lowest BCUT2D eigenvalue weighted by molar-refractivity contribution is 0.137. The lowest BCUT2D eigenvalue weighted by atomic mass is 9.83. The molecule has 1 saturated carbocycles. The zero-order chi connectivity index (χ0) is 10.2. The van der Waals surface area contributed by atoms with Crippen molar-refractivity contribution < 1.29 is 4.74 Å². The van der Waals surface area contributed by atoms with Gasteiger partial charge in [-0.05, 0) is 31.8 Å². The van der Waals surface area contributed by atoms with E-state index in [4.69, 9.17) is 4.74 Å². The molecule has 2 nitrogen and oxygen atoms in total. The Morgan fingerprint density at radius 3 is 2.50 bits per heavy atom. The minimum atomic E-state index is 0.880. The molecule has 1 aliphatic carbocycles. The molecule has 0 aromatic heterocycles. The maximum Gasteiger partial charge on any atom is 0.0589 e. The van der Waals surface area contributed by atoms with Crippen LogP contribution in [0.3, 0.4) is 0 Å². The predicted octanol–water partition coefficient (Wildman–Crippen LogP) is 2.54. The Hall–Kier alpha value is -0.0800. The van der Waals surface area contributed by atoms with Crippen molar-refractivity contribution in [1.82, 2.24) is 4.90 Å². The normalized spacial score (nSPS) is 17.4. The van der Waals surface area contributed by atoms with E-state index in [9.17, 15) is 0 Å². The lowest BCUT2D eigenvalue weighted by Gasteiger charge is -2.29. The van der Waals surface area contributed by atoms with Crippen molar-refractivity contribution in [3.63, 3.8) is 0 Å². The third kappa shape index (κ3) is 4.43. The summed E-state index contributed by atoms with van der Waals surface area (Å²) in [5.74, 6) is 1.04. The lowest BCUT2D eigenvalue weighted by Crippen LogP contribution is -2.31. The summed E-state index contributed by atoms with van der Waals surface area (Å²) in [6.45, 7) is 6.75. The fourth-order valence-corrected chi connectivity index (χ4v) is 2.02. The fourth-order valence-electron chi connectivity index (χ4n) is 2.02. The minimum absolute atomic E-state index is 0.880. The van der Waals surface area contributed by atoms with Gasteiger partial charge in [-0.2, -0.15) is 0 Å². The maximum absolute atomic E-state index is 5.12. The van der Waals surface area contributed by atoms with Crippen LogP contribution in [0.5, 0.6) is 0 Å². The van der Waals surface area contributed by atoms with Crippen molar-refractivity contribution >= 4 is 0 Å². The van der Waals surface area contributed by atoms with Crippen molar-refractivity contribution in [3.8, 4) is 0 Å². The molecule has 0 aromatic rings. The van der Waals surface area contributed by atoms with Crippen LogP contribution in [-0.2, 0) is 4.74 Å². The Morgan fingerprint density at radius 1 is 1.21 bits per heavy atom. The van der Waals surface area contributed by atoms with Crippen molar-refractivity contribution in [3.05, 3.63) is 0 Å². The summed E-state index contributed by atoms with van der Waals surface area (Å²) in [7, 11) is 1.79. The standard InChI is InChI=1S/C12H25NO/c1-3-8-13(10-11-14-2)9-7-12-5-4-6-12/h12H,3-11H2,1-2H3. The van der Waals surface area contributed by atoms with Crippen molar-refractivity contribution in [2.24, 2.45) is 5.92 Å². The molecule has 0 N–H and O–H groups in total.